The van der Waals surface area contributed by atoms with Crippen molar-refractivity contribution in [3.8, 4) is 11.8 Å². The Hall–Kier alpha value is -4.46. The number of carbonyl (C=O) groups is 2. The van der Waals surface area contributed by atoms with Crippen LogP contribution in [-0.4, -0.2) is 93.0 Å². The largest absolute Gasteiger partial charge is 0.490 e. The van der Waals surface area contributed by atoms with Crippen LogP contribution in [0.3, 0.4) is 0 Å². The van der Waals surface area contributed by atoms with E-state index in [0.29, 0.717) is 42.8 Å². The lowest BCUT2D eigenvalue weighted by atomic mass is 10.0. The summed E-state index contributed by atoms with van der Waals surface area (Å²) in [6, 6.07) is 18.1. The number of amides is 2. The fourth-order valence-corrected chi connectivity index (χ4v) is 6.04. The molecule has 0 unspecified atom stereocenters. The second kappa shape index (κ2) is 16.2. The molecule has 2 aromatic rings. The van der Waals surface area contributed by atoms with Crippen molar-refractivity contribution in [3.05, 3.63) is 83.1 Å². The Morgan fingerprint density at radius 2 is 1.65 bits per heavy atom. The predicted molar refractivity (Wildman–Crippen MR) is 179 cm³/mol. The molecule has 10 heteroatoms. The Labute approximate surface area is 272 Å². The molecule has 3 saturated heterocycles. The number of nitrogens with one attached hydrogen (secondary N) is 1. The number of rotatable bonds is 10. The number of hydrogen-bond donors (Lipinski definition) is 1. The van der Waals surface area contributed by atoms with Crippen molar-refractivity contribution in [2.75, 3.05) is 57.4 Å². The van der Waals surface area contributed by atoms with E-state index < -0.39 is 0 Å². The highest BCUT2D eigenvalue weighted by Gasteiger charge is 2.26. The SMILES string of the molecule is C=N/C(=C\C=C(/C)C(=O)NC1CCN(Cc2ccc(N3CCOCC3)cc2)CC1)C(=O)N1CCC(Oc2ccc(C#N)cc2)CC1. The van der Waals surface area contributed by atoms with E-state index in [4.69, 9.17) is 14.7 Å². The molecule has 3 aliphatic rings. The quantitative estimate of drug-likeness (QED) is 0.241. The van der Waals surface area contributed by atoms with Gasteiger partial charge >= 0.3 is 0 Å². The van der Waals surface area contributed by atoms with E-state index in [1.54, 1.807) is 48.2 Å². The van der Waals surface area contributed by atoms with Crippen molar-refractivity contribution in [1.82, 2.24) is 15.1 Å². The number of allylic oxidation sites excluding steroid dienone is 2. The van der Waals surface area contributed by atoms with Crippen molar-refractivity contribution in [3.63, 3.8) is 0 Å². The van der Waals surface area contributed by atoms with Crippen LogP contribution >= 0.6 is 0 Å². The number of likely N-dealkylation sites (tertiary alicyclic amines) is 2. The number of benzene rings is 2. The summed E-state index contributed by atoms with van der Waals surface area (Å²) in [5, 5.41) is 12.1. The second-order valence-electron chi connectivity index (χ2n) is 12.1. The first-order valence-corrected chi connectivity index (χ1v) is 16.2. The number of morpholine rings is 1. The third-order valence-electron chi connectivity index (χ3n) is 8.90. The van der Waals surface area contributed by atoms with Crippen LogP contribution in [0.2, 0.25) is 0 Å². The summed E-state index contributed by atoms with van der Waals surface area (Å²) in [6.07, 6.45) is 6.38. The van der Waals surface area contributed by atoms with Crippen molar-refractivity contribution >= 4 is 24.2 Å². The summed E-state index contributed by atoms with van der Waals surface area (Å²) in [4.78, 5) is 36.6. The monoisotopic (exact) mass is 624 g/mol. The van der Waals surface area contributed by atoms with E-state index in [9.17, 15) is 9.59 Å². The molecule has 2 aromatic carbocycles. The lowest BCUT2D eigenvalue weighted by Crippen LogP contribution is -2.44. The third kappa shape index (κ3) is 9.05. The summed E-state index contributed by atoms with van der Waals surface area (Å²) in [7, 11) is 0. The van der Waals surface area contributed by atoms with Gasteiger partial charge in [-0.3, -0.25) is 19.5 Å². The highest BCUT2D eigenvalue weighted by atomic mass is 16.5. The fraction of sp³-hybridized carbons (Fsp3) is 0.444. The topological polar surface area (TPSA) is 110 Å². The fourth-order valence-electron chi connectivity index (χ4n) is 6.04. The molecule has 5 rings (SSSR count). The molecule has 0 atom stereocenters. The Bertz CT molecular complexity index is 1440. The smallest absolute Gasteiger partial charge is 0.272 e. The van der Waals surface area contributed by atoms with Gasteiger partial charge in [-0.1, -0.05) is 18.2 Å². The Morgan fingerprint density at radius 1 is 0.978 bits per heavy atom. The number of carbonyl (C=O) groups excluding carboxylic acids is 2. The molecule has 242 valence electrons. The lowest BCUT2D eigenvalue weighted by Gasteiger charge is -2.32. The first-order valence-electron chi connectivity index (χ1n) is 16.2. The molecule has 10 nitrogen and oxygen atoms in total. The maximum atomic E-state index is 13.1. The van der Waals surface area contributed by atoms with Gasteiger partial charge in [-0.05, 0) is 74.5 Å². The molecule has 46 heavy (non-hydrogen) atoms. The summed E-state index contributed by atoms with van der Waals surface area (Å²) in [5.74, 6) is 0.372. The molecule has 3 aliphatic heterocycles. The molecule has 0 aromatic heterocycles. The van der Waals surface area contributed by atoms with Crippen LogP contribution in [0.15, 0.2) is 76.9 Å². The minimum absolute atomic E-state index is 0.00840. The molecule has 0 aliphatic carbocycles. The number of hydrogen-bond acceptors (Lipinski definition) is 8. The van der Waals surface area contributed by atoms with Crippen LogP contribution in [0.4, 0.5) is 5.69 Å². The van der Waals surface area contributed by atoms with Crippen LogP contribution in [0.1, 0.15) is 43.7 Å². The van der Waals surface area contributed by atoms with E-state index >= 15 is 0 Å². The van der Waals surface area contributed by atoms with Crippen LogP contribution in [0.5, 0.6) is 5.75 Å². The summed E-state index contributed by atoms with van der Waals surface area (Å²) in [5.41, 5.74) is 3.87. The van der Waals surface area contributed by atoms with E-state index in [0.717, 1.165) is 58.8 Å². The van der Waals surface area contributed by atoms with Gasteiger partial charge in [-0.2, -0.15) is 5.26 Å². The summed E-state index contributed by atoms with van der Waals surface area (Å²) in [6.45, 7) is 12.6. The van der Waals surface area contributed by atoms with Crippen molar-refractivity contribution in [1.29, 1.82) is 5.26 Å². The first-order chi connectivity index (χ1) is 22.4. The highest BCUT2D eigenvalue weighted by Crippen LogP contribution is 2.22. The molecule has 3 fully saturated rings. The van der Waals surface area contributed by atoms with Gasteiger partial charge in [0, 0.05) is 76.0 Å². The zero-order valence-corrected chi connectivity index (χ0v) is 26.7. The van der Waals surface area contributed by atoms with E-state index in [2.05, 4.69) is 57.2 Å². The van der Waals surface area contributed by atoms with E-state index in [1.807, 2.05) is 0 Å². The molecule has 3 heterocycles. The number of aliphatic imine (C=N–C) groups is 1. The van der Waals surface area contributed by atoms with Crippen molar-refractivity contribution in [2.45, 2.75) is 51.3 Å². The van der Waals surface area contributed by atoms with Gasteiger partial charge in [0.25, 0.3) is 5.91 Å². The minimum atomic E-state index is -0.209. The van der Waals surface area contributed by atoms with Crippen molar-refractivity contribution < 1.29 is 19.1 Å². The maximum Gasteiger partial charge on any atom is 0.272 e. The number of anilines is 1. The normalized spacial score (nSPS) is 19.0. The predicted octanol–water partition coefficient (Wildman–Crippen LogP) is 4.08. The first kappa shape index (κ1) is 32.9. The lowest BCUT2D eigenvalue weighted by molar-refractivity contribution is -0.129. The summed E-state index contributed by atoms with van der Waals surface area (Å²) < 4.78 is 11.5. The third-order valence-corrected chi connectivity index (χ3v) is 8.90. The van der Waals surface area contributed by atoms with Gasteiger partial charge in [0.1, 0.15) is 17.6 Å². The maximum absolute atomic E-state index is 13.1. The van der Waals surface area contributed by atoms with Crippen molar-refractivity contribution in [2.24, 2.45) is 4.99 Å². The van der Waals surface area contributed by atoms with Crippen LogP contribution in [0, 0.1) is 11.3 Å². The van der Waals surface area contributed by atoms with E-state index in [1.165, 1.54) is 11.3 Å². The van der Waals surface area contributed by atoms with Gasteiger partial charge in [-0.15, -0.1) is 0 Å². The number of ether oxygens (including phenoxy) is 2. The number of nitriles is 1. The van der Waals surface area contributed by atoms with Crippen LogP contribution < -0.4 is 15.0 Å². The molecule has 1 N–H and O–H groups in total. The second-order valence-corrected chi connectivity index (χ2v) is 12.1. The average Bonchev–Trinajstić information content (AvgIpc) is 3.10. The molecular weight excluding hydrogens is 580 g/mol. The number of nitrogens with zero attached hydrogens (tertiary/aromatic N) is 5. The standard InChI is InChI=1S/C36H44N6O4/c1-27(3-12-34(38-2)36(44)42-19-15-33(16-20-42)46-32-10-6-28(25-37)7-11-32)35(43)39-30-13-17-40(18-14-30)26-29-4-8-31(9-5-29)41-21-23-45-24-22-41/h3-12,30,33H,2,13-24,26H2,1H3,(H,39,43)/b27-3+,34-12-. The van der Waals surface area contributed by atoms with Crippen LogP contribution in [0.25, 0.3) is 0 Å². The molecular formula is C36H44N6O4. The van der Waals surface area contributed by atoms with Crippen LogP contribution in [-0.2, 0) is 20.9 Å². The Balaban J connectivity index is 1.04. The summed E-state index contributed by atoms with van der Waals surface area (Å²) >= 11 is 0. The van der Waals surface area contributed by atoms with Gasteiger partial charge < -0.3 is 24.6 Å². The van der Waals surface area contributed by atoms with E-state index in [-0.39, 0.29) is 29.7 Å². The Kier molecular flexibility index (Phi) is 11.6. The minimum Gasteiger partial charge on any atom is -0.490 e. The van der Waals surface area contributed by atoms with Gasteiger partial charge in [0.15, 0.2) is 0 Å². The zero-order valence-electron chi connectivity index (χ0n) is 26.7. The molecule has 0 radical (unpaired) electrons. The molecule has 2 amide bonds. The number of piperidine rings is 2. The zero-order chi connectivity index (χ0) is 32.3. The Morgan fingerprint density at radius 3 is 2.28 bits per heavy atom. The average molecular weight is 625 g/mol. The van der Waals surface area contributed by atoms with Gasteiger partial charge in [0.2, 0.25) is 5.91 Å². The van der Waals surface area contributed by atoms with Gasteiger partial charge in [-0.25, -0.2) is 0 Å². The van der Waals surface area contributed by atoms with Gasteiger partial charge in [0.05, 0.1) is 24.8 Å². The molecule has 0 spiro atoms. The molecule has 0 saturated carbocycles. The molecule has 0 bridgehead atoms. The highest BCUT2D eigenvalue weighted by molar-refractivity contribution is 5.96.